The third-order valence-corrected chi connectivity index (χ3v) is 3.18. The molecule has 0 unspecified atom stereocenters. The third-order valence-electron chi connectivity index (χ3n) is 2.68. The fraction of sp³-hybridized carbons (Fsp3) is 0.417. The van der Waals surface area contributed by atoms with Gasteiger partial charge in [0.15, 0.2) is 0 Å². The lowest BCUT2D eigenvalue weighted by molar-refractivity contribution is 0.189. The van der Waals surface area contributed by atoms with E-state index in [2.05, 4.69) is 50.8 Å². The molecule has 86 valence electrons. The van der Waals surface area contributed by atoms with Crippen molar-refractivity contribution in [2.75, 3.05) is 13.7 Å². The van der Waals surface area contributed by atoms with Gasteiger partial charge in [-0.1, -0.05) is 15.9 Å². The van der Waals surface area contributed by atoms with Crippen LogP contribution in [0.2, 0.25) is 0 Å². The normalized spacial score (nSPS) is 11.2. The first-order valence-corrected chi connectivity index (χ1v) is 6.13. The molecule has 0 spiro atoms. The van der Waals surface area contributed by atoms with Gasteiger partial charge in [-0.3, -0.25) is 4.68 Å². The molecule has 2 rings (SSSR count). The second-order valence-electron chi connectivity index (χ2n) is 3.82. The molecule has 0 N–H and O–H groups in total. The van der Waals surface area contributed by atoms with Crippen molar-refractivity contribution >= 4 is 26.8 Å². The van der Waals surface area contributed by atoms with E-state index < -0.39 is 0 Å². The highest BCUT2D eigenvalue weighted by atomic mass is 79.9. The van der Waals surface area contributed by atoms with Crippen molar-refractivity contribution in [3.63, 3.8) is 0 Å². The van der Waals surface area contributed by atoms with Crippen LogP contribution in [0.5, 0.6) is 0 Å². The highest BCUT2D eigenvalue weighted by Crippen LogP contribution is 2.21. The van der Waals surface area contributed by atoms with Gasteiger partial charge in [0.2, 0.25) is 0 Å². The first-order valence-electron chi connectivity index (χ1n) is 5.34. The van der Waals surface area contributed by atoms with E-state index >= 15 is 0 Å². The Morgan fingerprint density at radius 2 is 2.25 bits per heavy atom. The van der Waals surface area contributed by atoms with Crippen LogP contribution in [-0.4, -0.2) is 23.5 Å². The lowest BCUT2D eigenvalue weighted by atomic mass is 10.2. The van der Waals surface area contributed by atoms with Gasteiger partial charge in [-0.05, 0) is 31.5 Å². The summed E-state index contributed by atoms with van der Waals surface area (Å²) in [4.78, 5) is 0. The van der Waals surface area contributed by atoms with E-state index in [1.165, 1.54) is 11.1 Å². The van der Waals surface area contributed by atoms with Crippen molar-refractivity contribution in [3.8, 4) is 0 Å². The molecule has 0 amide bonds. The van der Waals surface area contributed by atoms with Crippen LogP contribution in [0.15, 0.2) is 22.7 Å². The van der Waals surface area contributed by atoms with E-state index in [0.717, 1.165) is 29.6 Å². The number of hydrogen-bond acceptors (Lipinski definition) is 2. The minimum atomic E-state index is 0.777. The largest absolute Gasteiger partial charge is 0.385 e. The summed E-state index contributed by atoms with van der Waals surface area (Å²) in [6.45, 7) is 3.79. The third kappa shape index (κ3) is 2.28. The maximum Gasteiger partial charge on any atom is 0.0937 e. The van der Waals surface area contributed by atoms with Crippen LogP contribution in [0.25, 0.3) is 10.9 Å². The highest BCUT2D eigenvalue weighted by molar-refractivity contribution is 9.10. The molecular weight excluding hydrogens is 268 g/mol. The second-order valence-corrected chi connectivity index (χ2v) is 4.73. The number of ether oxygens (including phenoxy) is 1. The monoisotopic (exact) mass is 282 g/mol. The Kier molecular flexibility index (Phi) is 3.61. The van der Waals surface area contributed by atoms with Crippen LogP contribution < -0.4 is 0 Å². The van der Waals surface area contributed by atoms with Crippen molar-refractivity contribution in [3.05, 3.63) is 28.4 Å². The van der Waals surface area contributed by atoms with Crippen molar-refractivity contribution in [1.82, 2.24) is 9.78 Å². The van der Waals surface area contributed by atoms with Gasteiger partial charge in [0.25, 0.3) is 0 Å². The predicted molar refractivity (Wildman–Crippen MR) is 68.7 cm³/mol. The Bertz CT molecular complexity index is 493. The van der Waals surface area contributed by atoms with Gasteiger partial charge < -0.3 is 4.74 Å². The Labute approximate surface area is 104 Å². The molecule has 0 atom stereocenters. The molecule has 0 fully saturated rings. The highest BCUT2D eigenvalue weighted by Gasteiger charge is 2.06. The summed E-state index contributed by atoms with van der Waals surface area (Å²) in [6.07, 6.45) is 0.993. The van der Waals surface area contributed by atoms with Crippen LogP contribution in [0.3, 0.4) is 0 Å². The molecule has 0 saturated carbocycles. The lowest BCUT2D eigenvalue weighted by Gasteiger charge is -2.02. The minimum absolute atomic E-state index is 0.777. The second kappa shape index (κ2) is 4.97. The van der Waals surface area contributed by atoms with Crippen molar-refractivity contribution in [1.29, 1.82) is 0 Å². The summed E-state index contributed by atoms with van der Waals surface area (Å²) >= 11 is 3.46. The molecule has 0 aliphatic heterocycles. The predicted octanol–water partition coefficient (Wildman–Crippen LogP) is 3.14. The SMILES string of the molecule is COCCCn1nc2cc(Br)ccc2c1C. The molecule has 0 saturated heterocycles. The van der Waals surface area contributed by atoms with E-state index in [1.807, 2.05) is 0 Å². The smallest absolute Gasteiger partial charge is 0.0937 e. The number of nitrogens with zero attached hydrogens (tertiary/aromatic N) is 2. The van der Waals surface area contributed by atoms with Gasteiger partial charge in [0.1, 0.15) is 0 Å². The van der Waals surface area contributed by atoms with Gasteiger partial charge in [-0.25, -0.2) is 0 Å². The Morgan fingerprint density at radius 1 is 1.44 bits per heavy atom. The zero-order chi connectivity index (χ0) is 11.5. The van der Waals surface area contributed by atoms with E-state index in [9.17, 15) is 0 Å². The molecule has 16 heavy (non-hydrogen) atoms. The molecule has 0 radical (unpaired) electrons. The molecule has 1 aromatic carbocycles. The topological polar surface area (TPSA) is 27.1 Å². The average molecular weight is 283 g/mol. The standard InChI is InChI=1S/C12H15BrN2O/c1-9-11-5-4-10(13)8-12(11)14-15(9)6-3-7-16-2/h4-5,8H,3,6-7H2,1-2H3. The summed E-state index contributed by atoms with van der Waals surface area (Å²) in [5.74, 6) is 0. The molecular formula is C12H15BrN2O. The molecule has 0 bridgehead atoms. The van der Waals surface area contributed by atoms with Crippen LogP contribution in [0, 0.1) is 6.92 Å². The number of aryl methyl sites for hydroxylation is 2. The Hall–Kier alpha value is -0.870. The Morgan fingerprint density at radius 3 is 3.00 bits per heavy atom. The molecule has 1 aromatic heterocycles. The zero-order valence-electron chi connectivity index (χ0n) is 9.53. The first-order chi connectivity index (χ1) is 7.72. The van der Waals surface area contributed by atoms with E-state index in [0.29, 0.717) is 0 Å². The summed E-state index contributed by atoms with van der Waals surface area (Å²) < 4.78 is 8.17. The van der Waals surface area contributed by atoms with Crippen molar-refractivity contribution in [2.24, 2.45) is 0 Å². The van der Waals surface area contributed by atoms with E-state index in [-0.39, 0.29) is 0 Å². The molecule has 0 aliphatic carbocycles. The quantitative estimate of drug-likeness (QED) is 0.806. The Balaban J connectivity index is 2.29. The van der Waals surface area contributed by atoms with Crippen LogP contribution >= 0.6 is 15.9 Å². The van der Waals surface area contributed by atoms with Gasteiger partial charge in [0.05, 0.1) is 5.52 Å². The fourth-order valence-electron chi connectivity index (χ4n) is 1.81. The van der Waals surface area contributed by atoms with Crippen LogP contribution in [-0.2, 0) is 11.3 Å². The van der Waals surface area contributed by atoms with Crippen LogP contribution in [0.1, 0.15) is 12.1 Å². The molecule has 3 nitrogen and oxygen atoms in total. The zero-order valence-corrected chi connectivity index (χ0v) is 11.1. The number of rotatable bonds is 4. The van der Waals surface area contributed by atoms with Gasteiger partial charge in [-0.2, -0.15) is 5.10 Å². The number of benzene rings is 1. The number of hydrogen-bond donors (Lipinski definition) is 0. The minimum Gasteiger partial charge on any atom is -0.385 e. The first kappa shape index (κ1) is 11.6. The summed E-state index contributed by atoms with van der Waals surface area (Å²) in [7, 11) is 1.73. The average Bonchev–Trinajstić information content (AvgIpc) is 2.56. The number of methoxy groups -OCH3 is 1. The molecule has 4 heteroatoms. The number of aromatic nitrogens is 2. The summed E-state index contributed by atoms with van der Waals surface area (Å²) in [6, 6.07) is 6.21. The number of halogens is 1. The van der Waals surface area contributed by atoms with Gasteiger partial charge in [-0.15, -0.1) is 0 Å². The van der Waals surface area contributed by atoms with Crippen molar-refractivity contribution in [2.45, 2.75) is 19.9 Å². The maximum atomic E-state index is 5.05. The number of fused-ring (bicyclic) bond motifs is 1. The van der Waals surface area contributed by atoms with E-state index in [1.54, 1.807) is 7.11 Å². The lowest BCUT2D eigenvalue weighted by Crippen LogP contribution is -2.04. The summed E-state index contributed by atoms with van der Waals surface area (Å²) in [5.41, 5.74) is 2.27. The maximum absolute atomic E-state index is 5.05. The fourth-order valence-corrected chi connectivity index (χ4v) is 2.16. The molecule has 1 heterocycles. The van der Waals surface area contributed by atoms with E-state index in [4.69, 9.17) is 4.74 Å². The van der Waals surface area contributed by atoms with Crippen molar-refractivity contribution < 1.29 is 4.74 Å². The van der Waals surface area contributed by atoms with Gasteiger partial charge in [0, 0.05) is 35.8 Å². The van der Waals surface area contributed by atoms with Crippen LogP contribution in [0.4, 0.5) is 0 Å². The summed E-state index contributed by atoms with van der Waals surface area (Å²) in [5, 5.41) is 5.80. The van der Waals surface area contributed by atoms with Gasteiger partial charge >= 0.3 is 0 Å². The molecule has 0 aliphatic rings. The molecule has 2 aromatic rings.